The van der Waals surface area contributed by atoms with E-state index in [1.165, 1.54) is 23.1 Å². The first-order valence-electron chi connectivity index (χ1n) is 6.96. The number of anilines is 2. The second kappa shape index (κ2) is 8.73. The lowest BCUT2D eigenvalue weighted by molar-refractivity contribution is -0.113. The summed E-state index contributed by atoms with van der Waals surface area (Å²) in [5.74, 6) is 0.0193. The summed E-state index contributed by atoms with van der Waals surface area (Å²) < 4.78 is 0.736. The Morgan fingerprint density at radius 3 is 2.87 bits per heavy atom. The van der Waals surface area contributed by atoms with Crippen molar-refractivity contribution in [1.82, 2.24) is 10.2 Å². The molecular formula is C14H16Cl2N4OS2. The summed E-state index contributed by atoms with van der Waals surface area (Å²) in [6.45, 7) is 4.79. The number of thioether (sulfide) groups is 1. The second-order valence-electron chi connectivity index (χ2n) is 4.69. The Kier molecular flexibility index (Phi) is 6.95. The number of carbonyl (C=O) groups is 1. The highest BCUT2D eigenvalue weighted by Crippen LogP contribution is 2.33. The normalized spacial score (nSPS) is 10.6. The predicted octanol–water partition coefficient (Wildman–Crippen LogP) is 4.71. The Balaban J connectivity index is 1.91. The number of benzene rings is 1. The average Bonchev–Trinajstić information content (AvgIpc) is 2.99. The first-order chi connectivity index (χ1) is 11.0. The van der Waals surface area contributed by atoms with Crippen LogP contribution in [0.4, 0.5) is 10.8 Å². The summed E-state index contributed by atoms with van der Waals surface area (Å²) in [5.41, 5.74) is 1.30. The molecule has 0 aliphatic rings. The first kappa shape index (κ1) is 18.3. The van der Waals surface area contributed by atoms with Crippen molar-refractivity contribution in [2.75, 3.05) is 22.9 Å². The highest BCUT2D eigenvalue weighted by molar-refractivity contribution is 8.01. The van der Waals surface area contributed by atoms with E-state index in [9.17, 15) is 4.79 Å². The van der Waals surface area contributed by atoms with Gasteiger partial charge in [0.2, 0.25) is 11.0 Å². The van der Waals surface area contributed by atoms with Crippen molar-refractivity contribution >= 4 is 63.0 Å². The van der Waals surface area contributed by atoms with Crippen molar-refractivity contribution in [2.24, 2.45) is 0 Å². The zero-order valence-electron chi connectivity index (χ0n) is 12.7. The summed E-state index contributed by atoms with van der Waals surface area (Å²) >= 11 is 15.0. The van der Waals surface area contributed by atoms with Crippen LogP contribution in [-0.2, 0) is 4.79 Å². The van der Waals surface area contributed by atoms with Gasteiger partial charge in [0.1, 0.15) is 0 Å². The molecule has 0 aliphatic heterocycles. The van der Waals surface area contributed by atoms with Crippen LogP contribution in [0.25, 0.3) is 0 Å². The predicted molar refractivity (Wildman–Crippen MR) is 99.2 cm³/mol. The molecule has 0 saturated heterocycles. The third kappa shape index (κ3) is 5.24. The van der Waals surface area contributed by atoms with E-state index in [1.807, 2.05) is 6.92 Å². The van der Waals surface area contributed by atoms with Crippen molar-refractivity contribution in [3.63, 3.8) is 0 Å². The number of aryl methyl sites for hydroxylation is 1. The number of carbonyl (C=O) groups excluding carboxylic acids is 1. The van der Waals surface area contributed by atoms with E-state index in [0.717, 1.165) is 28.0 Å². The van der Waals surface area contributed by atoms with Crippen LogP contribution in [0.5, 0.6) is 0 Å². The van der Waals surface area contributed by atoms with Crippen molar-refractivity contribution < 1.29 is 4.79 Å². The van der Waals surface area contributed by atoms with Crippen LogP contribution in [-0.4, -0.2) is 28.4 Å². The fourth-order valence-corrected chi connectivity index (χ4v) is 3.69. The number of aromatic nitrogens is 2. The van der Waals surface area contributed by atoms with Crippen LogP contribution in [0.1, 0.15) is 18.9 Å². The lowest BCUT2D eigenvalue weighted by Gasteiger charge is -2.10. The molecule has 0 radical (unpaired) electrons. The van der Waals surface area contributed by atoms with E-state index < -0.39 is 0 Å². The van der Waals surface area contributed by atoms with E-state index in [0.29, 0.717) is 15.7 Å². The minimum atomic E-state index is -0.192. The molecule has 1 heterocycles. The van der Waals surface area contributed by atoms with Gasteiger partial charge in [0.25, 0.3) is 0 Å². The molecule has 5 nitrogen and oxygen atoms in total. The number of nitrogens with zero attached hydrogens (tertiary/aromatic N) is 2. The largest absolute Gasteiger partial charge is 0.360 e. The zero-order chi connectivity index (χ0) is 16.8. The molecule has 1 amide bonds. The topological polar surface area (TPSA) is 66.9 Å². The summed E-state index contributed by atoms with van der Waals surface area (Å²) in [6.07, 6.45) is 1.02. The molecule has 0 atom stereocenters. The van der Waals surface area contributed by atoms with Crippen molar-refractivity contribution in [3.8, 4) is 0 Å². The first-order valence-corrected chi connectivity index (χ1v) is 9.51. The van der Waals surface area contributed by atoms with Gasteiger partial charge in [-0.2, -0.15) is 0 Å². The molecule has 0 fully saturated rings. The zero-order valence-corrected chi connectivity index (χ0v) is 15.8. The van der Waals surface area contributed by atoms with Crippen molar-refractivity contribution in [1.29, 1.82) is 0 Å². The van der Waals surface area contributed by atoms with Gasteiger partial charge in [0.15, 0.2) is 4.34 Å². The molecule has 0 bridgehead atoms. The van der Waals surface area contributed by atoms with Crippen molar-refractivity contribution in [2.45, 2.75) is 24.6 Å². The number of amides is 1. The summed E-state index contributed by atoms with van der Waals surface area (Å²) in [7, 11) is 0. The number of halogens is 2. The van der Waals surface area contributed by atoms with Gasteiger partial charge in [-0.25, -0.2) is 0 Å². The molecule has 1 aromatic heterocycles. The maximum Gasteiger partial charge on any atom is 0.234 e. The Morgan fingerprint density at radius 2 is 2.13 bits per heavy atom. The van der Waals surface area contributed by atoms with Crippen molar-refractivity contribution in [3.05, 3.63) is 27.7 Å². The van der Waals surface area contributed by atoms with Gasteiger partial charge < -0.3 is 10.6 Å². The molecule has 9 heteroatoms. The molecule has 1 aromatic carbocycles. The molecule has 0 saturated carbocycles. The maximum absolute atomic E-state index is 12.1. The van der Waals surface area contributed by atoms with E-state index in [-0.39, 0.29) is 11.7 Å². The number of nitrogens with one attached hydrogen (secondary N) is 2. The summed E-state index contributed by atoms with van der Waals surface area (Å²) in [6, 6.07) is 3.52. The van der Waals surface area contributed by atoms with Crippen LogP contribution >= 0.6 is 46.3 Å². The molecule has 2 N–H and O–H groups in total. The molecular weight excluding hydrogens is 375 g/mol. The molecule has 23 heavy (non-hydrogen) atoms. The van der Waals surface area contributed by atoms with E-state index in [2.05, 4.69) is 27.8 Å². The maximum atomic E-state index is 12.1. The Hall–Kier alpha value is -1.02. The third-order valence-electron chi connectivity index (χ3n) is 2.81. The average molecular weight is 391 g/mol. The molecule has 124 valence electrons. The molecule has 2 aromatic rings. The monoisotopic (exact) mass is 390 g/mol. The minimum absolute atomic E-state index is 0.192. The van der Waals surface area contributed by atoms with E-state index in [1.54, 1.807) is 12.1 Å². The van der Waals surface area contributed by atoms with E-state index >= 15 is 0 Å². The minimum Gasteiger partial charge on any atom is -0.360 e. The van der Waals surface area contributed by atoms with Crippen LogP contribution in [0, 0.1) is 6.92 Å². The quantitative estimate of drug-likeness (QED) is 0.670. The lowest BCUT2D eigenvalue weighted by Crippen LogP contribution is -2.14. The van der Waals surface area contributed by atoms with Gasteiger partial charge in [0.05, 0.1) is 21.5 Å². The number of rotatable bonds is 7. The Bertz CT molecular complexity index is 693. The number of hydrogen-bond donors (Lipinski definition) is 2. The second-order valence-corrected chi connectivity index (χ2v) is 7.68. The van der Waals surface area contributed by atoms with Gasteiger partial charge in [-0.1, -0.05) is 59.3 Å². The molecule has 0 aliphatic carbocycles. The van der Waals surface area contributed by atoms with Gasteiger partial charge in [-0.15, -0.1) is 10.2 Å². The molecule has 0 spiro atoms. The SMILES string of the molecule is CCCNc1nnc(SCC(=O)Nc2c(Cl)ccc(C)c2Cl)s1. The Morgan fingerprint density at radius 1 is 1.35 bits per heavy atom. The van der Waals surface area contributed by atoms with Crippen LogP contribution < -0.4 is 10.6 Å². The summed E-state index contributed by atoms with van der Waals surface area (Å²) in [4.78, 5) is 12.1. The Labute approximate surface area is 153 Å². The molecule has 2 rings (SSSR count). The fraction of sp³-hybridized carbons (Fsp3) is 0.357. The van der Waals surface area contributed by atoms with Crippen LogP contribution in [0.3, 0.4) is 0 Å². The molecule has 0 unspecified atom stereocenters. The van der Waals surface area contributed by atoms with Gasteiger partial charge in [-0.3, -0.25) is 4.79 Å². The van der Waals surface area contributed by atoms with Crippen LogP contribution in [0.2, 0.25) is 10.0 Å². The van der Waals surface area contributed by atoms with Gasteiger partial charge >= 0.3 is 0 Å². The van der Waals surface area contributed by atoms with Gasteiger partial charge in [-0.05, 0) is 25.0 Å². The lowest BCUT2D eigenvalue weighted by atomic mass is 10.2. The van der Waals surface area contributed by atoms with Gasteiger partial charge in [0, 0.05) is 6.54 Å². The smallest absolute Gasteiger partial charge is 0.234 e. The summed E-state index contributed by atoms with van der Waals surface area (Å²) in [5, 5.41) is 15.6. The highest BCUT2D eigenvalue weighted by atomic mass is 35.5. The fourth-order valence-electron chi connectivity index (χ4n) is 1.65. The van der Waals surface area contributed by atoms with Crippen LogP contribution in [0.15, 0.2) is 16.5 Å². The highest BCUT2D eigenvalue weighted by Gasteiger charge is 2.13. The standard InChI is InChI=1S/C14H16Cl2N4OS2/c1-3-6-17-13-19-20-14(23-13)22-7-10(21)18-12-9(15)5-4-8(2)11(12)16/h4-5H,3,6-7H2,1-2H3,(H,17,19)(H,18,21). The third-order valence-corrected chi connectivity index (χ3v) is 5.62. The van der Waals surface area contributed by atoms with E-state index in [4.69, 9.17) is 23.2 Å². The number of hydrogen-bond acceptors (Lipinski definition) is 6.